The molecular formula is C12H10Cl2N2O. The first kappa shape index (κ1) is 12.1. The molecule has 0 unspecified atom stereocenters. The van der Waals surface area contributed by atoms with E-state index in [-0.39, 0.29) is 0 Å². The molecule has 0 saturated heterocycles. The Labute approximate surface area is 109 Å². The second kappa shape index (κ2) is 4.90. The van der Waals surface area contributed by atoms with Crippen LogP contribution in [0.5, 0.6) is 0 Å². The van der Waals surface area contributed by atoms with Crippen LogP contribution in [-0.2, 0) is 6.54 Å². The van der Waals surface area contributed by atoms with Crippen molar-refractivity contribution in [2.45, 2.75) is 13.5 Å². The Kier molecular flexibility index (Phi) is 3.50. The van der Waals surface area contributed by atoms with E-state index < -0.39 is 0 Å². The maximum atomic E-state index is 10.9. The van der Waals surface area contributed by atoms with E-state index in [2.05, 4.69) is 5.10 Å². The van der Waals surface area contributed by atoms with E-state index in [4.69, 9.17) is 23.2 Å². The third-order valence-corrected chi connectivity index (χ3v) is 2.99. The lowest BCUT2D eigenvalue weighted by Gasteiger charge is -2.01. The molecule has 0 aliphatic rings. The highest BCUT2D eigenvalue weighted by atomic mass is 35.5. The van der Waals surface area contributed by atoms with Gasteiger partial charge in [0.1, 0.15) is 5.69 Å². The molecule has 5 heteroatoms. The summed E-state index contributed by atoms with van der Waals surface area (Å²) in [5.74, 6) is 0. The van der Waals surface area contributed by atoms with Crippen LogP contribution in [0.4, 0.5) is 0 Å². The van der Waals surface area contributed by atoms with Crippen molar-refractivity contribution in [3.8, 4) is 11.3 Å². The maximum Gasteiger partial charge on any atom is 0.168 e. The van der Waals surface area contributed by atoms with Gasteiger partial charge >= 0.3 is 0 Å². The molecule has 0 bridgehead atoms. The number of halogens is 2. The molecular weight excluding hydrogens is 259 g/mol. The molecule has 0 N–H and O–H groups in total. The van der Waals surface area contributed by atoms with Crippen molar-refractivity contribution in [2.75, 3.05) is 0 Å². The third kappa shape index (κ3) is 2.35. The number of aromatic nitrogens is 2. The van der Waals surface area contributed by atoms with Gasteiger partial charge in [-0.2, -0.15) is 5.10 Å². The number of aryl methyl sites for hydroxylation is 1. The van der Waals surface area contributed by atoms with E-state index in [9.17, 15) is 4.79 Å². The molecule has 88 valence electrons. The molecule has 0 aliphatic carbocycles. The first-order valence-electron chi connectivity index (χ1n) is 5.14. The molecule has 3 nitrogen and oxygen atoms in total. The van der Waals surface area contributed by atoms with Crippen LogP contribution in [-0.4, -0.2) is 16.1 Å². The predicted octanol–water partition coefficient (Wildman–Crippen LogP) is 3.69. The van der Waals surface area contributed by atoms with Gasteiger partial charge in [-0.05, 0) is 31.2 Å². The van der Waals surface area contributed by atoms with Crippen molar-refractivity contribution < 1.29 is 4.79 Å². The zero-order valence-electron chi connectivity index (χ0n) is 9.15. The lowest BCUT2D eigenvalue weighted by molar-refractivity contribution is 0.111. The van der Waals surface area contributed by atoms with Crippen LogP contribution in [0.2, 0.25) is 10.0 Å². The van der Waals surface area contributed by atoms with Gasteiger partial charge in [-0.15, -0.1) is 0 Å². The van der Waals surface area contributed by atoms with Gasteiger partial charge in [-0.3, -0.25) is 9.48 Å². The standard InChI is InChI=1S/C12H10Cl2N2O/c1-2-16-9(7-17)6-12(15-16)10-4-3-8(13)5-11(10)14/h3-7H,2H2,1H3. The lowest BCUT2D eigenvalue weighted by Crippen LogP contribution is -2.00. The number of carbonyl (C=O) groups is 1. The van der Waals surface area contributed by atoms with E-state index in [1.807, 2.05) is 6.92 Å². The Bertz CT molecular complexity index is 564. The highest BCUT2D eigenvalue weighted by Gasteiger charge is 2.11. The summed E-state index contributed by atoms with van der Waals surface area (Å²) in [6.45, 7) is 2.56. The Morgan fingerprint density at radius 3 is 2.65 bits per heavy atom. The fraction of sp³-hybridized carbons (Fsp3) is 0.167. The summed E-state index contributed by atoms with van der Waals surface area (Å²) in [7, 11) is 0. The molecule has 0 radical (unpaired) electrons. The van der Waals surface area contributed by atoms with E-state index >= 15 is 0 Å². The highest BCUT2D eigenvalue weighted by Crippen LogP contribution is 2.29. The number of rotatable bonds is 3. The second-order valence-electron chi connectivity index (χ2n) is 3.51. The Morgan fingerprint density at radius 1 is 1.35 bits per heavy atom. The van der Waals surface area contributed by atoms with E-state index in [0.717, 1.165) is 11.8 Å². The SMILES string of the molecule is CCn1nc(-c2ccc(Cl)cc2Cl)cc1C=O. The normalized spacial score (nSPS) is 10.5. The summed E-state index contributed by atoms with van der Waals surface area (Å²) >= 11 is 11.9. The maximum absolute atomic E-state index is 10.9. The molecule has 0 fully saturated rings. The van der Waals surface area contributed by atoms with E-state index in [1.54, 1.807) is 28.9 Å². The molecule has 0 saturated carbocycles. The van der Waals surface area contributed by atoms with Crippen LogP contribution in [0.25, 0.3) is 11.3 Å². The smallest absolute Gasteiger partial charge is 0.168 e. The molecule has 17 heavy (non-hydrogen) atoms. The number of carbonyl (C=O) groups excluding carboxylic acids is 1. The van der Waals surface area contributed by atoms with Crippen molar-refractivity contribution in [2.24, 2.45) is 0 Å². The summed E-state index contributed by atoms with van der Waals surface area (Å²) in [6, 6.07) is 6.91. The zero-order chi connectivity index (χ0) is 12.4. The van der Waals surface area contributed by atoms with Crippen molar-refractivity contribution >= 4 is 29.5 Å². The molecule has 0 atom stereocenters. The third-order valence-electron chi connectivity index (χ3n) is 2.44. The van der Waals surface area contributed by atoms with Crippen LogP contribution in [0.15, 0.2) is 24.3 Å². The first-order chi connectivity index (χ1) is 8.15. The molecule has 1 heterocycles. The largest absolute Gasteiger partial charge is 0.296 e. The van der Waals surface area contributed by atoms with Gasteiger partial charge in [-0.25, -0.2) is 0 Å². The number of nitrogens with zero attached hydrogens (tertiary/aromatic N) is 2. The van der Waals surface area contributed by atoms with Gasteiger partial charge in [0, 0.05) is 17.1 Å². The minimum absolute atomic E-state index is 0.524. The minimum atomic E-state index is 0.524. The average Bonchev–Trinajstić information content (AvgIpc) is 2.72. The van der Waals surface area contributed by atoms with Gasteiger partial charge in [0.05, 0.1) is 10.7 Å². The van der Waals surface area contributed by atoms with Gasteiger partial charge in [0.2, 0.25) is 0 Å². The number of hydrogen-bond donors (Lipinski definition) is 0. The number of benzene rings is 1. The van der Waals surface area contributed by atoms with Gasteiger partial charge in [-0.1, -0.05) is 23.2 Å². The highest BCUT2D eigenvalue weighted by molar-refractivity contribution is 6.36. The Hall–Kier alpha value is -1.32. The van der Waals surface area contributed by atoms with Gasteiger partial charge < -0.3 is 0 Å². The Balaban J connectivity index is 2.52. The first-order valence-corrected chi connectivity index (χ1v) is 5.89. The van der Waals surface area contributed by atoms with Crippen molar-refractivity contribution in [1.82, 2.24) is 9.78 Å². The fourth-order valence-corrected chi connectivity index (χ4v) is 2.11. The molecule has 0 amide bonds. The second-order valence-corrected chi connectivity index (χ2v) is 4.36. The van der Waals surface area contributed by atoms with E-state index in [1.165, 1.54) is 0 Å². The van der Waals surface area contributed by atoms with Gasteiger partial charge in [0.15, 0.2) is 6.29 Å². The van der Waals surface area contributed by atoms with Crippen LogP contribution >= 0.6 is 23.2 Å². The molecule has 2 rings (SSSR count). The molecule has 0 spiro atoms. The summed E-state index contributed by atoms with van der Waals surface area (Å²) in [5.41, 5.74) is 1.98. The van der Waals surface area contributed by atoms with Crippen molar-refractivity contribution in [3.05, 3.63) is 40.0 Å². The minimum Gasteiger partial charge on any atom is -0.296 e. The van der Waals surface area contributed by atoms with Gasteiger partial charge in [0.25, 0.3) is 0 Å². The lowest BCUT2D eigenvalue weighted by atomic mass is 10.1. The summed E-state index contributed by atoms with van der Waals surface area (Å²) in [4.78, 5) is 10.9. The predicted molar refractivity (Wildman–Crippen MR) is 68.7 cm³/mol. The number of hydrogen-bond acceptors (Lipinski definition) is 2. The molecule has 1 aromatic carbocycles. The quantitative estimate of drug-likeness (QED) is 0.796. The van der Waals surface area contributed by atoms with Crippen LogP contribution in [0.1, 0.15) is 17.4 Å². The summed E-state index contributed by atoms with van der Waals surface area (Å²) < 4.78 is 1.63. The fourth-order valence-electron chi connectivity index (χ4n) is 1.61. The summed E-state index contributed by atoms with van der Waals surface area (Å²) in [6.07, 6.45) is 0.782. The van der Waals surface area contributed by atoms with Crippen LogP contribution in [0.3, 0.4) is 0 Å². The topological polar surface area (TPSA) is 34.9 Å². The summed E-state index contributed by atoms with van der Waals surface area (Å²) in [5, 5.41) is 5.42. The molecule has 0 aliphatic heterocycles. The Morgan fingerprint density at radius 2 is 2.12 bits per heavy atom. The van der Waals surface area contributed by atoms with Crippen molar-refractivity contribution in [1.29, 1.82) is 0 Å². The molecule has 2 aromatic rings. The van der Waals surface area contributed by atoms with Crippen LogP contribution in [0, 0.1) is 0 Å². The zero-order valence-corrected chi connectivity index (χ0v) is 10.7. The monoisotopic (exact) mass is 268 g/mol. The number of aldehydes is 1. The molecule has 1 aromatic heterocycles. The van der Waals surface area contributed by atoms with E-state index in [0.29, 0.717) is 28.0 Å². The van der Waals surface area contributed by atoms with Crippen molar-refractivity contribution in [3.63, 3.8) is 0 Å². The van der Waals surface area contributed by atoms with Crippen LogP contribution < -0.4 is 0 Å². The average molecular weight is 269 g/mol.